The molecule has 1 amide bonds. The lowest BCUT2D eigenvalue weighted by Gasteiger charge is -2.24. The van der Waals surface area contributed by atoms with E-state index in [4.69, 9.17) is 0 Å². The minimum Gasteiger partial charge on any atom is -0.335 e. The van der Waals surface area contributed by atoms with Crippen LogP contribution in [0.4, 0.5) is 5.69 Å². The number of rotatable bonds is 6. The third-order valence-corrected chi connectivity index (χ3v) is 5.35. The summed E-state index contributed by atoms with van der Waals surface area (Å²) >= 11 is 0. The summed E-state index contributed by atoms with van der Waals surface area (Å²) in [5, 5.41) is 10.8. The molecule has 2 aromatic rings. The van der Waals surface area contributed by atoms with Crippen LogP contribution in [0.1, 0.15) is 24.1 Å². The zero-order valence-electron chi connectivity index (χ0n) is 15.2. The van der Waals surface area contributed by atoms with Crippen molar-refractivity contribution in [2.24, 2.45) is 0 Å². The topological polar surface area (TPSA) is 97.6 Å². The van der Waals surface area contributed by atoms with E-state index in [-0.39, 0.29) is 22.5 Å². The molecular weight excluding hydrogens is 368 g/mol. The van der Waals surface area contributed by atoms with Crippen molar-refractivity contribution in [1.82, 2.24) is 4.90 Å². The number of non-ortho nitro benzene ring substituents is 1. The van der Waals surface area contributed by atoms with E-state index in [9.17, 15) is 23.3 Å². The predicted molar refractivity (Wildman–Crippen MR) is 103 cm³/mol. The molecule has 0 aliphatic rings. The second-order valence-corrected chi connectivity index (χ2v) is 8.17. The molecule has 1 atom stereocenters. The zero-order chi connectivity index (χ0) is 20.2. The predicted octanol–water partition coefficient (Wildman–Crippen LogP) is 3.23. The normalized spacial score (nSPS) is 12.7. The Labute approximate surface area is 158 Å². The maximum atomic E-state index is 12.4. The molecule has 2 aromatic carbocycles. The molecule has 0 saturated carbocycles. The molecule has 142 valence electrons. The summed E-state index contributed by atoms with van der Waals surface area (Å²) in [6, 6.07) is 12.1. The molecule has 0 aromatic heterocycles. The fourth-order valence-corrected chi connectivity index (χ4v) is 3.07. The van der Waals surface area contributed by atoms with Gasteiger partial charge < -0.3 is 4.90 Å². The maximum absolute atomic E-state index is 12.4. The minimum atomic E-state index is -3.27. The number of likely N-dealkylation sites (N-methyl/N-ethyl adjacent to an activating group) is 1. The van der Waals surface area contributed by atoms with E-state index in [0.717, 1.165) is 11.8 Å². The molecule has 0 radical (unpaired) electrons. The first-order valence-electron chi connectivity index (χ1n) is 8.09. The van der Waals surface area contributed by atoms with Crippen LogP contribution in [0, 0.1) is 10.1 Å². The first kappa shape index (κ1) is 20.3. The molecule has 7 nitrogen and oxygen atoms in total. The average molecular weight is 388 g/mol. The van der Waals surface area contributed by atoms with Crippen LogP contribution in [0.5, 0.6) is 0 Å². The van der Waals surface area contributed by atoms with Gasteiger partial charge in [0.05, 0.1) is 15.9 Å². The lowest BCUT2D eigenvalue weighted by Crippen LogP contribution is -2.28. The number of nitro benzene ring substituents is 1. The third kappa shape index (κ3) is 5.24. The molecule has 0 aliphatic carbocycles. The lowest BCUT2D eigenvalue weighted by atomic mass is 10.1. The van der Waals surface area contributed by atoms with Crippen molar-refractivity contribution in [3.8, 4) is 0 Å². The first-order valence-corrected chi connectivity index (χ1v) is 9.98. The van der Waals surface area contributed by atoms with Crippen LogP contribution in [-0.4, -0.2) is 37.5 Å². The van der Waals surface area contributed by atoms with Gasteiger partial charge in [-0.3, -0.25) is 14.9 Å². The third-order valence-electron chi connectivity index (χ3n) is 4.22. The number of benzene rings is 2. The van der Waals surface area contributed by atoms with Gasteiger partial charge in [-0.2, -0.15) is 0 Å². The molecule has 0 N–H and O–H groups in total. The second-order valence-electron chi connectivity index (χ2n) is 6.15. The molecule has 2 rings (SSSR count). The first-order chi connectivity index (χ1) is 12.6. The Bertz CT molecular complexity index is 981. The van der Waals surface area contributed by atoms with E-state index in [0.29, 0.717) is 5.56 Å². The molecule has 0 aliphatic heterocycles. The molecule has 0 heterocycles. The van der Waals surface area contributed by atoms with Crippen LogP contribution >= 0.6 is 0 Å². The van der Waals surface area contributed by atoms with Crippen molar-refractivity contribution in [2.45, 2.75) is 17.9 Å². The highest BCUT2D eigenvalue weighted by atomic mass is 32.2. The van der Waals surface area contributed by atoms with Crippen molar-refractivity contribution >= 4 is 27.5 Å². The SMILES string of the molecule is CC(c1ccc(S(C)(=O)=O)cc1)N(C)C(=O)/C=C/c1cccc([N+](=O)[O-])c1. The van der Waals surface area contributed by atoms with E-state index < -0.39 is 14.8 Å². The summed E-state index contributed by atoms with van der Waals surface area (Å²) in [5.74, 6) is -0.277. The Hall–Kier alpha value is -3.00. The van der Waals surface area contributed by atoms with Crippen LogP contribution in [0.3, 0.4) is 0 Å². The largest absolute Gasteiger partial charge is 0.335 e. The molecule has 0 fully saturated rings. The Morgan fingerprint density at radius 3 is 2.37 bits per heavy atom. The smallest absolute Gasteiger partial charge is 0.270 e. The van der Waals surface area contributed by atoms with E-state index >= 15 is 0 Å². The fraction of sp³-hybridized carbons (Fsp3) is 0.211. The zero-order valence-corrected chi connectivity index (χ0v) is 16.0. The highest BCUT2D eigenvalue weighted by Crippen LogP contribution is 2.21. The van der Waals surface area contributed by atoms with Crippen LogP contribution in [0.25, 0.3) is 6.08 Å². The second kappa shape index (κ2) is 8.13. The molecule has 1 unspecified atom stereocenters. The molecule has 0 spiro atoms. The highest BCUT2D eigenvalue weighted by Gasteiger charge is 2.16. The maximum Gasteiger partial charge on any atom is 0.270 e. The van der Waals surface area contributed by atoms with Crippen LogP contribution in [0.15, 0.2) is 59.5 Å². The summed E-state index contributed by atoms with van der Waals surface area (Å²) in [6.07, 6.45) is 4.01. The standard InChI is InChI=1S/C19H20N2O5S/c1-14(16-8-10-18(11-9-16)27(3,25)26)20(2)19(22)12-7-15-5-4-6-17(13-15)21(23)24/h4-14H,1-3H3/b12-7+. The van der Waals surface area contributed by atoms with Gasteiger partial charge in [-0.1, -0.05) is 24.3 Å². The van der Waals surface area contributed by atoms with Crippen molar-refractivity contribution in [1.29, 1.82) is 0 Å². The van der Waals surface area contributed by atoms with Gasteiger partial charge >= 0.3 is 0 Å². The van der Waals surface area contributed by atoms with Crippen molar-refractivity contribution in [3.05, 3.63) is 75.8 Å². The molecule has 8 heteroatoms. The van der Waals surface area contributed by atoms with E-state index in [2.05, 4.69) is 0 Å². The number of hydrogen-bond donors (Lipinski definition) is 0. The summed E-state index contributed by atoms with van der Waals surface area (Å²) in [7, 11) is -1.64. The van der Waals surface area contributed by atoms with Crippen LogP contribution in [0.2, 0.25) is 0 Å². The summed E-state index contributed by atoms with van der Waals surface area (Å²) in [6.45, 7) is 1.83. The Balaban J connectivity index is 2.12. The summed E-state index contributed by atoms with van der Waals surface area (Å²) < 4.78 is 23.1. The number of carbonyl (C=O) groups is 1. The van der Waals surface area contributed by atoms with Gasteiger partial charge in [0.25, 0.3) is 5.69 Å². The van der Waals surface area contributed by atoms with Gasteiger partial charge in [-0.05, 0) is 36.3 Å². The number of sulfone groups is 1. The van der Waals surface area contributed by atoms with Crippen LogP contribution < -0.4 is 0 Å². The Kier molecular flexibility index (Phi) is 6.12. The van der Waals surface area contributed by atoms with E-state index in [1.807, 2.05) is 6.92 Å². The Morgan fingerprint density at radius 2 is 1.81 bits per heavy atom. The van der Waals surface area contributed by atoms with Gasteiger partial charge in [0, 0.05) is 31.5 Å². The lowest BCUT2D eigenvalue weighted by molar-refractivity contribution is -0.384. The van der Waals surface area contributed by atoms with E-state index in [1.165, 1.54) is 41.3 Å². The van der Waals surface area contributed by atoms with Gasteiger partial charge in [0.1, 0.15) is 0 Å². The molecule has 27 heavy (non-hydrogen) atoms. The molecule has 0 saturated heterocycles. The van der Waals surface area contributed by atoms with Gasteiger partial charge in [-0.15, -0.1) is 0 Å². The number of carbonyl (C=O) groups excluding carboxylic acids is 1. The summed E-state index contributed by atoms with van der Waals surface area (Å²) in [5.41, 5.74) is 1.30. The number of hydrogen-bond acceptors (Lipinski definition) is 5. The molecule has 0 bridgehead atoms. The van der Waals surface area contributed by atoms with Crippen molar-refractivity contribution in [3.63, 3.8) is 0 Å². The van der Waals surface area contributed by atoms with Gasteiger partial charge in [-0.25, -0.2) is 8.42 Å². The van der Waals surface area contributed by atoms with Crippen LogP contribution in [-0.2, 0) is 14.6 Å². The molecular formula is C19H20N2O5S. The average Bonchev–Trinajstić information content (AvgIpc) is 2.64. The van der Waals surface area contributed by atoms with E-state index in [1.54, 1.807) is 31.3 Å². The van der Waals surface area contributed by atoms with Crippen molar-refractivity contribution in [2.75, 3.05) is 13.3 Å². The highest BCUT2D eigenvalue weighted by molar-refractivity contribution is 7.90. The number of amides is 1. The van der Waals surface area contributed by atoms with Crippen molar-refractivity contribution < 1.29 is 18.1 Å². The monoisotopic (exact) mass is 388 g/mol. The fourth-order valence-electron chi connectivity index (χ4n) is 2.44. The van der Waals surface area contributed by atoms with Gasteiger partial charge in [0.15, 0.2) is 9.84 Å². The quantitative estimate of drug-likeness (QED) is 0.430. The van der Waals surface area contributed by atoms with Gasteiger partial charge in [0.2, 0.25) is 5.91 Å². The number of nitro groups is 1. The summed E-state index contributed by atoms with van der Waals surface area (Å²) in [4.78, 5) is 24.4. The minimum absolute atomic E-state index is 0.0442. The Morgan fingerprint density at radius 1 is 1.19 bits per heavy atom. The number of nitrogens with zero attached hydrogens (tertiary/aromatic N) is 2.